The fraction of sp³-hybridized carbons (Fsp3) is 0.381. The van der Waals surface area contributed by atoms with Crippen molar-refractivity contribution < 1.29 is 23.1 Å². The first-order chi connectivity index (χ1) is 13.7. The smallest absolute Gasteiger partial charge is 0.255 e. The van der Waals surface area contributed by atoms with Crippen molar-refractivity contribution in [2.24, 2.45) is 5.92 Å². The number of thioether (sulfide) groups is 1. The zero-order valence-electron chi connectivity index (χ0n) is 16.3. The summed E-state index contributed by atoms with van der Waals surface area (Å²) in [6, 6.07) is 6.19. The number of carbonyl (C=O) groups is 1. The number of amides is 1. The molecule has 4 nitrogen and oxygen atoms in total. The Morgan fingerprint density at radius 1 is 1.17 bits per heavy atom. The highest BCUT2D eigenvalue weighted by Gasteiger charge is 2.16. The zero-order valence-corrected chi connectivity index (χ0v) is 17.2. The number of aliphatic hydroxyl groups excluding tert-OH is 1. The van der Waals surface area contributed by atoms with Gasteiger partial charge in [0.15, 0.2) is 17.5 Å². The fourth-order valence-electron chi connectivity index (χ4n) is 2.70. The summed E-state index contributed by atoms with van der Waals surface area (Å²) in [5.41, 5.74) is 6.67. The van der Waals surface area contributed by atoms with Crippen LogP contribution in [0, 0.1) is 23.4 Å². The van der Waals surface area contributed by atoms with Crippen molar-refractivity contribution >= 4 is 29.0 Å². The highest BCUT2D eigenvalue weighted by molar-refractivity contribution is 8.00. The summed E-state index contributed by atoms with van der Waals surface area (Å²) in [5.74, 6) is -4.71. The van der Waals surface area contributed by atoms with E-state index in [4.69, 9.17) is 5.73 Å². The van der Waals surface area contributed by atoms with Gasteiger partial charge in [0.1, 0.15) is 0 Å². The predicted octanol–water partition coefficient (Wildman–Crippen LogP) is 5.22. The Morgan fingerprint density at radius 2 is 1.83 bits per heavy atom. The average Bonchev–Trinajstić information content (AvgIpc) is 2.70. The molecule has 158 valence electrons. The first kappa shape index (κ1) is 23.1. The zero-order chi connectivity index (χ0) is 21.6. The number of benzene rings is 2. The van der Waals surface area contributed by atoms with Crippen molar-refractivity contribution in [1.29, 1.82) is 0 Å². The van der Waals surface area contributed by atoms with E-state index in [0.29, 0.717) is 5.69 Å². The highest BCUT2D eigenvalue weighted by atomic mass is 32.2. The lowest BCUT2D eigenvalue weighted by Gasteiger charge is -2.18. The average molecular weight is 427 g/mol. The van der Waals surface area contributed by atoms with Crippen LogP contribution in [0.15, 0.2) is 35.2 Å². The normalized spacial score (nSPS) is 13.2. The summed E-state index contributed by atoms with van der Waals surface area (Å²) >= 11 is 1.56. The molecule has 2 atom stereocenters. The molecule has 8 heteroatoms. The lowest BCUT2D eigenvalue weighted by molar-refractivity contribution is 0.102. The van der Waals surface area contributed by atoms with E-state index in [-0.39, 0.29) is 29.0 Å². The van der Waals surface area contributed by atoms with Crippen LogP contribution < -0.4 is 11.1 Å². The molecule has 0 saturated carbocycles. The number of hydrogen-bond acceptors (Lipinski definition) is 4. The van der Waals surface area contributed by atoms with E-state index in [2.05, 4.69) is 12.2 Å². The monoisotopic (exact) mass is 426 g/mol. The summed E-state index contributed by atoms with van der Waals surface area (Å²) in [4.78, 5) is 13.2. The van der Waals surface area contributed by atoms with Gasteiger partial charge in [0.2, 0.25) is 0 Å². The van der Waals surface area contributed by atoms with E-state index in [1.165, 1.54) is 6.07 Å². The molecule has 4 N–H and O–H groups in total. The van der Waals surface area contributed by atoms with E-state index in [1.54, 1.807) is 23.9 Å². The summed E-state index contributed by atoms with van der Waals surface area (Å²) < 4.78 is 39.8. The number of nitrogen functional groups attached to an aromatic ring is 1. The van der Waals surface area contributed by atoms with Crippen molar-refractivity contribution in [3.8, 4) is 0 Å². The third-order valence-corrected chi connectivity index (χ3v) is 6.07. The van der Waals surface area contributed by atoms with Gasteiger partial charge in [-0.25, -0.2) is 13.2 Å². The van der Waals surface area contributed by atoms with Crippen molar-refractivity contribution in [3.05, 3.63) is 53.3 Å². The van der Waals surface area contributed by atoms with E-state index < -0.39 is 23.4 Å². The van der Waals surface area contributed by atoms with Crippen molar-refractivity contribution in [1.82, 2.24) is 0 Å². The molecule has 0 aromatic heterocycles. The molecule has 0 spiro atoms. The van der Waals surface area contributed by atoms with Crippen LogP contribution in [0.2, 0.25) is 0 Å². The Balaban J connectivity index is 2.13. The molecule has 0 heterocycles. The SMILES string of the molecule is CCC(CCC(C)CO)Sc1cc(C(=O)Nc2cc(F)c(F)c(F)c2)ccc1N. The van der Waals surface area contributed by atoms with Crippen LogP contribution in [0.5, 0.6) is 0 Å². The summed E-state index contributed by atoms with van der Waals surface area (Å²) in [7, 11) is 0. The standard InChI is InChI=1S/C21H25F3N2O2S/c1-3-15(6-4-12(2)11-27)29-19-8-13(5-7-18(19)25)21(28)26-14-9-16(22)20(24)17(23)10-14/h5,7-10,12,15,27H,3-4,6,11,25H2,1-2H3,(H,26,28). The maximum Gasteiger partial charge on any atom is 0.255 e. The largest absolute Gasteiger partial charge is 0.398 e. The Hall–Kier alpha value is -2.19. The number of hydrogen-bond donors (Lipinski definition) is 3. The van der Waals surface area contributed by atoms with Crippen molar-refractivity contribution in [2.75, 3.05) is 17.7 Å². The van der Waals surface area contributed by atoms with Crippen LogP contribution in [0.1, 0.15) is 43.5 Å². The number of nitrogens with two attached hydrogens (primary N) is 1. The maximum absolute atomic E-state index is 13.3. The second kappa shape index (κ2) is 10.5. The third kappa shape index (κ3) is 6.40. The van der Waals surface area contributed by atoms with Crippen LogP contribution >= 0.6 is 11.8 Å². The van der Waals surface area contributed by atoms with Gasteiger partial charge in [-0.05, 0) is 43.4 Å². The lowest BCUT2D eigenvalue weighted by Crippen LogP contribution is -2.13. The van der Waals surface area contributed by atoms with Crippen LogP contribution in [-0.2, 0) is 0 Å². The van der Waals surface area contributed by atoms with Crippen LogP contribution in [0.4, 0.5) is 24.5 Å². The molecule has 0 radical (unpaired) electrons. The molecule has 2 aromatic rings. The van der Waals surface area contributed by atoms with Gasteiger partial charge in [-0.1, -0.05) is 13.8 Å². The molecule has 2 rings (SSSR count). The number of carbonyl (C=O) groups excluding carboxylic acids is 1. The summed E-state index contributed by atoms with van der Waals surface area (Å²) in [6.07, 6.45) is 2.67. The molecule has 0 aliphatic carbocycles. The van der Waals surface area contributed by atoms with E-state index in [0.717, 1.165) is 36.3 Å². The summed E-state index contributed by atoms with van der Waals surface area (Å²) in [5, 5.41) is 11.8. The Kier molecular flexibility index (Phi) is 8.40. The van der Waals surface area contributed by atoms with Gasteiger partial charge >= 0.3 is 0 Å². The fourth-order valence-corrected chi connectivity index (χ4v) is 3.88. The quantitative estimate of drug-likeness (QED) is 0.292. The van der Waals surface area contributed by atoms with E-state index >= 15 is 0 Å². The lowest BCUT2D eigenvalue weighted by atomic mass is 10.0. The Bertz CT molecular complexity index is 841. The number of anilines is 2. The molecular weight excluding hydrogens is 401 g/mol. The maximum atomic E-state index is 13.3. The molecule has 0 saturated heterocycles. The van der Waals surface area contributed by atoms with Crippen LogP contribution in [0.3, 0.4) is 0 Å². The second-order valence-electron chi connectivity index (χ2n) is 6.97. The van der Waals surface area contributed by atoms with Gasteiger partial charge in [0.25, 0.3) is 5.91 Å². The molecule has 2 unspecified atom stereocenters. The second-order valence-corrected chi connectivity index (χ2v) is 8.32. The minimum absolute atomic E-state index is 0.142. The Labute approximate surface area is 172 Å². The topological polar surface area (TPSA) is 75.3 Å². The number of halogens is 3. The molecule has 29 heavy (non-hydrogen) atoms. The molecule has 0 aliphatic heterocycles. The van der Waals surface area contributed by atoms with Gasteiger partial charge in [-0.15, -0.1) is 11.8 Å². The third-order valence-electron chi connectivity index (χ3n) is 4.56. The van der Waals surface area contributed by atoms with Crippen LogP contribution in [0.25, 0.3) is 0 Å². The molecule has 0 aliphatic rings. The highest BCUT2D eigenvalue weighted by Crippen LogP contribution is 2.34. The van der Waals surface area contributed by atoms with Crippen molar-refractivity contribution in [3.63, 3.8) is 0 Å². The van der Waals surface area contributed by atoms with Gasteiger partial charge < -0.3 is 16.2 Å². The molecule has 2 aromatic carbocycles. The molecular formula is C21H25F3N2O2S. The van der Waals surface area contributed by atoms with E-state index in [1.807, 2.05) is 6.92 Å². The van der Waals surface area contributed by atoms with E-state index in [9.17, 15) is 23.1 Å². The minimum Gasteiger partial charge on any atom is -0.398 e. The minimum atomic E-state index is -1.59. The number of rotatable bonds is 9. The van der Waals surface area contributed by atoms with Crippen LogP contribution in [-0.4, -0.2) is 22.9 Å². The molecule has 0 fully saturated rings. The van der Waals surface area contributed by atoms with Gasteiger partial charge in [0.05, 0.1) is 0 Å². The predicted molar refractivity (Wildman–Crippen MR) is 111 cm³/mol. The van der Waals surface area contributed by atoms with Crippen molar-refractivity contribution in [2.45, 2.75) is 43.3 Å². The van der Waals surface area contributed by atoms with Gasteiger partial charge in [-0.2, -0.15) is 0 Å². The van der Waals surface area contributed by atoms with Gasteiger partial charge in [-0.3, -0.25) is 4.79 Å². The molecule has 1 amide bonds. The first-order valence-electron chi connectivity index (χ1n) is 9.38. The number of nitrogens with one attached hydrogen (secondary N) is 1. The molecule has 0 bridgehead atoms. The van der Waals surface area contributed by atoms with Gasteiger partial charge in [0, 0.05) is 45.8 Å². The first-order valence-corrected chi connectivity index (χ1v) is 10.3. The number of aliphatic hydroxyl groups is 1. The summed E-state index contributed by atoms with van der Waals surface area (Å²) in [6.45, 7) is 4.19. The Morgan fingerprint density at radius 3 is 2.41 bits per heavy atom.